The number of hydrogen-bond donors (Lipinski definition) is 2. The molecule has 1 aromatic carbocycles. The molecule has 0 aliphatic rings. The summed E-state index contributed by atoms with van der Waals surface area (Å²) in [7, 11) is 0. The average molecular weight is 257 g/mol. The van der Waals surface area contributed by atoms with Gasteiger partial charge in [0.1, 0.15) is 11.6 Å². The summed E-state index contributed by atoms with van der Waals surface area (Å²) in [6.45, 7) is 4.41. The maximum atomic E-state index is 13.6. The van der Waals surface area contributed by atoms with E-state index in [1.165, 1.54) is 6.07 Å². The minimum atomic E-state index is -0.430. The number of rotatable bonds is 7. The average Bonchev–Trinajstić information content (AvgIpc) is 2.37. The zero-order chi connectivity index (χ0) is 13.5. The van der Waals surface area contributed by atoms with Gasteiger partial charge in [-0.2, -0.15) is 0 Å². The highest BCUT2D eigenvalue weighted by molar-refractivity contribution is 5.22. The monoisotopic (exact) mass is 257 g/mol. The maximum Gasteiger partial charge on any atom is 0.128 e. The van der Waals surface area contributed by atoms with Crippen molar-refractivity contribution in [3.05, 3.63) is 35.4 Å². The van der Waals surface area contributed by atoms with Crippen molar-refractivity contribution in [2.45, 2.75) is 45.3 Å². The third-order valence-electron chi connectivity index (χ3n) is 3.08. The molecule has 0 aliphatic heterocycles. The zero-order valence-electron chi connectivity index (χ0n) is 10.9. The van der Waals surface area contributed by atoms with Crippen molar-refractivity contribution in [1.82, 2.24) is 5.32 Å². The van der Waals surface area contributed by atoms with Crippen LogP contribution in [0, 0.1) is 11.6 Å². The molecule has 1 aromatic rings. The van der Waals surface area contributed by atoms with E-state index in [-0.39, 0.29) is 12.1 Å². The molecule has 102 valence electrons. The second-order valence-corrected chi connectivity index (χ2v) is 4.43. The van der Waals surface area contributed by atoms with E-state index in [9.17, 15) is 13.9 Å². The molecule has 2 N–H and O–H groups in total. The minimum Gasteiger partial charge on any atom is -0.393 e. The normalized spacial score (nSPS) is 14.5. The fraction of sp³-hybridized carbons (Fsp3) is 0.571. The lowest BCUT2D eigenvalue weighted by Crippen LogP contribution is -2.25. The van der Waals surface area contributed by atoms with Crippen LogP contribution in [0.3, 0.4) is 0 Å². The van der Waals surface area contributed by atoms with E-state index in [0.29, 0.717) is 31.4 Å². The van der Waals surface area contributed by atoms with Gasteiger partial charge in [-0.3, -0.25) is 0 Å². The van der Waals surface area contributed by atoms with Crippen molar-refractivity contribution in [3.8, 4) is 0 Å². The summed E-state index contributed by atoms with van der Waals surface area (Å²) in [6, 6.07) is 3.28. The molecule has 0 heterocycles. The van der Waals surface area contributed by atoms with Gasteiger partial charge in [0.2, 0.25) is 0 Å². The lowest BCUT2D eigenvalue weighted by Gasteiger charge is -2.19. The van der Waals surface area contributed by atoms with Gasteiger partial charge in [0.05, 0.1) is 6.10 Å². The van der Waals surface area contributed by atoms with Crippen LogP contribution in [-0.4, -0.2) is 17.8 Å². The first-order valence-electron chi connectivity index (χ1n) is 6.44. The molecule has 1 rings (SSSR count). The largest absolute Gasteiger partial charge is 0.393 e. The number of hydrogen-bond acceptors (Lipinski definition) is 2. The van der Waals surface area contributed by atoms with Gasteiger partial charge in [-0.15, -0.1) is 0 Å². The van der Waals surface area contributed by atoms with E-state index in [1.807, 2.05) is 13.8 Å². The predicted octanol–water partition coefficient (Wildman–Crippen LogP) is 3.17. The Balaban J connectivity index is 2.62. The van der Waals surface area contributed by atoms with E-state index < -0.39 is 11.6 Å². The number of nitrogens with one attached hydrogen (secondary N) is 1. The van der Waals surface area contributed by atoms with Gasteiger partial charge in [-0.1, -0.05) is 13.8 Å². The lowest BCUT2D eigenvalue weighted by atomic mass is 10.0. The highest BCUT2D eigenvalue weighted by atomic mass is 19.1. The molecule has 0 fully saturated rings. The standard InChI is InChI=1S/C14H21F2NO/c1-3-11(18)7-8-17-14(4-2)12-9-10(15)5-6-13(12)16/h5-6,9,11,14,17-18H,3-4,7-8H2,1-2H3. The number of benzene rings is 1. The van der Waals surface area contributed by atoms with E-state index >= 15 is 0 Å². The van der Waals surface area contributed by atoms with Crippen LogP contribution in [0.5, 0.6) is 0 Å². The second-order valence-electron chi connectivity index (χ2n) is 4.43. The van der Waals surface area contributed by atoms with Crippen LogP contribution in [0.1, 0.15) is 44.7 Å². The molecule has 0 aliphatic carbocycles. The van der Waals surface area contributed by atoms with E-state index in [4.69, 9.17) is 0 Å². The van der Waals surface area contributed by atoms with Crippen LogP contribution < -0.4 is 5.32 Å². The summed E-state index contributed by atoms with van der Waals surface area (Å²) in [4.78, 5) is 0. The first-order chi connectivity index (χ1) is 8.58. The molecule has 0 bridgehead atoms. The van der Waals surface area contributed by atoms with Crippen LogP contribution in [-0.2, 0) is 0 Å². The topological polar surface area (TPSA) is 32.3 Å². The molecule has 18 heavy (non-hydrogen) atoms. The van der Waals surface area contributed by atoms with Gasteiger partial charge in [0.15, 0.2) is 0 Å². The molecule has 2 atom stereocenters. The first-order valence-corrected chi connectivity index (χ1v) is 6.44. The minimum absolute atomic E-state index is 0.218. The summed E-state index contributed by atoms with van der Waals surface area (Å²) in [5, 5.41) is 12.6. The first kappa shape index (κ1) is 15.1. The molecule has 4 heteroatoms. The highest BCUT2D eigenvalue weighted by Gasteiger charge is 2.14. The second kappa shape index (κ2) is 7.44. The molecule has 0 aromatic heterocycles. The lowest BCUT2D eigenvalue weighted by molar-refractivity contribution is 0.158. The van der Waals surface area contributed by atoms with Crippen molar-refractivity contribution in [2.24, 2.45) is 0 Å². The fourth-order valence-corrected chi connectivity index (χ4v) is 1.88. The molecule has 0 saturated carbocycles. The van der Waals surface area contributed by atoms with E-state index in [0.717, 1.165) is 12.1 Å². The van der Waals surface area contributed by atoms with Gasteiger partial charge in [0, 0.05) is 11.6 Å². The van der Waals surface area contributed by atoms with Gasteiger partial charge >= 0.3 is 0 Å². The Morgan fingerprint density at radius 3 is 2.56 bits per heavy atom. The smallest absolute Gasteiger partial charge is 0.128 e. The molecule has 0 radical (unpaired) electrons. The number of halogens is 2. The van der Waals surface area contributed by atoms with Gasteiger partial charge in [-0.25, -0.2) is 8.78 Å². The van der Waals surface area contributed by atoms with Crippen molar-refractivity contribution in [1.29, 1.82) is 0 Å². The van der Waals surface area contributed by atoms with Crippen LogP contribution in [0.4, 0.5) is 8.78 Å². The molecule has 0 amide bonds. The molecule has 2 nitrogen and oxygen atoms in total. The third kappa shape index (κ3) is 4.35. The number of aliphatic hydroxyl groups is 1. The molecular formula is C14H21F2NO. The van der Waals surface area contributed by atoms with Crippen molar-refractivity contribution >= 4 is 0 Å². The van der Waals surface area contributed by atoms with E-state index in [1.54, 1.807) is 0 Å². The molecule has 2 unspecified atom stereocenters. The van der Waals surface area contributed by atoms with Crippen molar-refractivity contribution in [3.63, 3.8) is 0 Å². The Bertz CT molecular complexity index is 371. The fourth-order valence-electron chi connectivity index (χ4n) is 1.88. The van der Waals surface area contributed by atoms with Crippen molar-refractivity contribution in [2.75, 3.05) is 6.54 Å². The Hall–Kier alpha value is -1.00. The number of aliphatic hydroxyl groups excluding tert-OH is 1. The summed E-state index contributed by atoms with van der Waals surface area (Å²) in [5.41, 5.74) is 0.350. The van der Waals surface area contributed by atoms with Crippen LogP contribution in [0.25, 0.3) is 0 Å². The molecule has 0 saturated heterocycles. The third-order valence-corrected chi connectivity index (χ3v) is 3.08. The Morgan fingerprint density at radius 1 is 1.22 bits per heavy atom. The quantitative estimate of drug-likeness (QED) is 0.786. The Morgan fingerprint density at radius 2 is 1.94 bits per heavy atom. The molecular weight excluding hydrogens is 236 g/mol. The summed E-state index contributed by atoms with van der Waals surface area (Å²) >= 11 is 0. The van der Waals surface area contributed by atoms with Crippen LogP contribution in [0.2, 0.25) is 0 Å². The van der Waals surface area contributed by atoms with E-state index in [2.05, 4.69) is 5.32 Å². The summed E-state index contributed by atoms with van der Waals surface area (Å²) < 4.78 is 26.7. The predicted molar refractivity (Wildman–Crippen MR) is 68.3 cm³/mol. The Labute approximate surface area is 107 Å². The maximum absolute atomic E-state index is 13.6. The summed E-state index contributed by atoms with van der Waals surface area (Å²) in [6.07, 6.45) is 1.65. The zero-order valence-corrected chi connectivity index (χ0v) is 10.9. The van der Waals surface area contributed by atoms with Gasteiger partial charge in [-0.05, 0) is 44.0 Å². The molecule has 0 spiro atoms. The van der Waals surface area contributed by atoms with Gasteiger partial charge < -0.3 is 10.4 Å². The SMILES string of the molecule is CCC(O)CCNC(CC)c1cc(F)ccc1F. The summed E-state index contributed by atoms with van der Waals surface area (Å²) in [5.74, 6) is -0.827. The van der Waals surface area contributed by atoms with Gasteiger partial charge in [0.25, 0.3) is 0 Å². The highest BCUT2D eigenvalue weighted by Crippen LogP contribution is 2.21. The van der Waals surface area contributed by atoms with Crippen molar-refractivity contribution < 1.29 is 13.9 Å². The Kier molecular flexibility index (Phi) is 6.22. The van der Waals surface area contributed by atoms with Crippen LogP contribution >= 0.6 is 0 Å². The van der Waals surface area contributed by atoms with Crippen LogP contribution in [0.15, 0.2) is 18.2 Å².